The Morgan fingerprint density at radius 3 is 2.49 bits per heavy atom. The summed E-state index contributed by atoms with van der Waals surface area (Å²) in [7, 11) is 0. The molecule has 2 atom stereocenters. The van der Waals surface area contributed by atoms with Gasteiger partial charge in [-0.05, 0) is 41.3 Å². The lowest BCUT2D eigenvalue weighted by Crippen LogP contribution is -2.55. The van der Waals surface area contributed by atoms with Gasteiger partial charge in [0, 0.05) is 32.1 Å². The molecule has 5 N–H and O–H groups in total. The molecule has 2 aliphatic rings. The van der Waals surface area contributed by atoms with Crippen LogP contribution in [0.3, 0.4) is 0 Å². The van der Waals surface area contributed by atoms with E-state index in [0.717, 1.165) is 23.8 Å². The summed E-state index contributed by atoms with van der Waals surface area (Å²) in [4.78, 5) is 15.6. The third-order valence-corrected chi connectivity index (χ3v) is 6.25. The predicted molar refractivity (Wildman–Crippen MR) is 120 cm³/mol. The molecule has 0 saturated carbocycles. The van der Waals surface area contributed by atoms with Crippen LogP contribution in [0.2, 0.25) is 0 Å². The lowest BCUT2D eigenvalue weighted by molar-refractivity contribution is -0.182. The van der Waals surface area contributed by atoms with Gasteiger partial charge in [0.2, 0.25) is 5.91 Å². The topological polar surface area (TPSA) is 87.6 Å². The number of rotatable bonds is 6. The molecule has 2 heterocycles. The van der Waals surface area contributed by atoms with E-state index in [1.807, 2.05) is 0 Å². The molecule has 0 bridgehead atoms. The number of carbonyl (C=O) groups excluding carboxylic acids is 1. The number of hydrogen-bond acceptors (Lipinski definition) is 5. The first-order valence-corrected chi connectivity index (χ1v) is 11.2. The summed E-state index contributed by atoms with van der Waals surface area (Å²) in [6.07, 6.45) is -6.61. The number of hydrogen-bond donors (Lipinski definition) is 3. The zero-order valence-electron chi connectivity index (χ0n) is 18.8. The first-order valence-electron chi connectivity index (χ1n) is 11.2. The van der Waals surface area contributed by atoms with Crippen LogP contribution in [0, 0.1) is 11.6 Å². The smallest absolute Gasteiger partial charge is 0.356 e. The second kappa shape index (κ2) is 9.82. The van der Waals surface area contributed by atoms with Crippen molar-refractivity contribution in [2.45, 2.75) is 37.8 Å². The number of nitrogens with two attached hydrogens (primary N) is 2. The number of alkyl halides is 3. The molecule has 35 heavy (non-hydrogen) atoms. The molecule has 1 fully saturated rings. The Morgan fingerprint density at radius 1 is 1.11 bits per heavy atom. The lowest BCUT2D eigenvalue weighted by atomic mass is 10.0. The van der Waals surface area contributed by atoms with Crippen molar-refractivity contribution in [2.75, 3.05) is 19.6 Å². The molecule has 1 amide bonds. The van der Waals surface area contributed by atoms with Crippen LogP contribution in [0.5, 0.6) is 0 Å². The number of amides is 1. The van der Waals surface area contributed by atoms with Gasteiger partial charge in [0.25, 0.3) is 0 Å². The summed E-state index contributed by atoms with van der Waals surface area (Å²) >= 11 is 0. The molecule has 2 aliphatic heterocycles. The minimum absolute atomic E-state index is 0.0175. The van der Waals surface area contributed by atoms with Gasteiger partial charge in [-0.1, -0.05) is 24.3 Å². The van der Waals surface area contributed by atoms with Crippen molar-refractivity contribution < 1.29 is 26.7 Å². The number of carbonyl (C=O) groups is 1. The Morgan fingerprint density at radius 2 is 1.83 bits per heavy atom. The van der Waals surface area contributed by atoms with Crippen LogP contribution in [0.1, 0.15) is 23.1 Å². The van der Waals surface area contributed by atoms with Gasteiger partial charge in [-0.3, -0.25) is 4.79 Å². The number of fused-ring (bicyclic) bond motifs is 1. The van der Waals surface area contributed by atoms with Crippen LogP contribution in [-0.4, -0.2) is 53.7 Å². The third kappa shape index (κ3) is 5.40. The average Bonchev–Trinajstić information content (AvgIpc) is 3.21. The lowest BCUT2D eigenvalue weighted by Gasteiger charge is -2.38. The highest BCUT2D eigenvalue weighted by Crippen LogP contribution is 2.37. The minimum Gasteiger partial charge on any atom is -0.356 e. The van der Waals surface area contributed by atoms with E-state index in [-0.39, 0.29) is 43.9 Å². The first kappa shape index (κ1) is 24.9. The summed E-state index contributed by atoms with van der Waals surface area (Å²) in [6.45, 7) is 0.333. The molecule has 0 aliphatic carbocycles. The average molecular weight is 495 g/mol. The Labute approximate surface area is 199 Å². The van der Waals surface area contributed by atoms with Gasteiger partial charge in [-0.15, -0.1) is 0 Å². The van der Waals surface area contributed by atoms with E-state index < -0.39 is 30.0 Å². The standard InChI is InChI=1S/C24H26F5N5O/c25-17-5-6-19(26)16(9-17)10-18(31)11-21(35)33-7-8-34-20(13-33)22(32-23(34)24(27,28)29)15-3-1-14(12-30)2-4-15/h1-6,9,18,23,32H,7-8,10-13,30-31H2. The van der Waals surface area contributed by atoms with Crippen molar-refractivity contribution in [3.8, 4) is 0 Å². The van der Waals surface area contributed by atoms with Crippen LogP contribution in [-0.2, 0) is 17.8 Å². The maximum Gasteiger partial charge on any atom is 0.427 e. The molecule has 6 nitrogen and oxygen atoms in total. The van der Waals surface area contributed by atoms with Gasteiger partial charge < -0.3 is 26.6 Å². The number of nitrogens with zero attached hydrogens (tertiary/aromatic N) is 2. The van der Waals surface area contributed by atoms with E-state index in [1.165, 1.54) is 9.80 Å². The van der Waals surface area contributed by atoms with Crippen molar-refractivity contribution in [2.24, 2.45) is 11.5 Å². The third-order valence-electron chi connectivity index (χ3n) is 6.25. The molecule has 4 rings (SSSR count). The second-order valence-electron chi connectivity index (χ2n) is 8.72. The number of halogens is 5. The summed E-state index contributed by atoms with van der Waals surface area (Å²) in [5, 5.41) is 2.58. The molecule has 0 radical (unpaired) electrons. The van der Waals surface area contributed by atoms with Crippen molar-refractivity contribution >= 4 is 11.6 Å². The van der Waals surface area contributed by atoms with Crippen molar-refractivity contribution in [3.05, 3.63) is 76.5 Å². The van der Waals surface area contributed by atoms with Crippen LogP contribution >= 0.6 is 0 Å². The summed E-state index contributed by atoms with van der Waals surface area (Å²) < 4.78 is 68.5. The second-order valence-corrected chi connectivity index (χ2v) is 8.72. The SMILES string of the molecule is NCc1ccc(C2=C3CN(C(=O)CC(N)Cc4cc(F)ccc4F)CCN3C(C(F)(F)F)N2)cc1. The molecule has 188 valence electrons. The maximum atomic E-state index is 13.9. The van der Waals surface area contributed by atoms with Gasteiger partial charge in [0.05, 0.1) is 17.9 Å². The van der Waals surface area contributed by atoms with Gasteiger partial charge in [0.15, 0.2) is 6.17 Å². The van der Waals surface area contributed by atoms with Crippen LogP contribution in [0.15, 0.2) is 48.2 Å². The highest BCUT2D eigenvalue weighted by molar-refractivity contribution is 5.79. The maximum absolute atomic E-state index is 13.9. The Hall–Kier alpha value is -3.18. The highest BCUT2D eigenvalue weighted by Gasteiger charge is 2.50. The van der Waals surface area contributed by atoms with Gasteiger partial charge >= 0.3 is 6.18 Å². The van der Waals surface area contributed by atoms with E-state index >= 15 is 0 Å². The van der Waals surface area contributed by atoms with Crippen LogP contribution < -0.4 is 16.8 Å². The quantitative estimate of drug-likeness (QED) is 0.537. The minimum atomic E-state index is -4.52. The van der Waals surface area contributed by atoms with E-state index in [9.17, 15) is 26.7 Å². The molecule has 1 saturated heterocycles. The van der Waals surface area contributed by atoms with E-state index in [2.05, 4.69) is 5.32 Å². The van der Waals surface area contributed by atoms with E-state index in [0.29, 0.717) is 23.5 Å². The fourth-order valence-electron chi connectivity index (χ4n) is 4.46. The Bertz CT molecular complexity index is 1120. The molecule has 2 aromatic rings. The zero-order chi connectivity index (χ0) is 25.3. The zero-order valence-corrected chi connectivity index (χ0v) is 18.8. The highest BCUT2D eigenvalue weighted by atomic mass is 19.4. The fraction of sp³-hybridized carbons (Fsp3) is 0.375. The summed E-state index contributed by atoms with van der Waals surface area (Å²) in [5.41, 5.74) is 13.8. The number of nitrogens with one attached hydrogen (secondary N) is 1. The molecule has 2 unspecified atom stereocenters. The fourth-order valence-corrected chi connectivity index (χ4v) is 4.46. The van der Waals surface area contributed by atoms with Gasteiger partial charge in [0.1, 0.15) is 11.6 Å². The van der Waals surface area contributed by atoms with E-state index in [1.54, 1.807) is 24.3 Å². The number of piperazine rings is 1. The van der Waals surface area contributed by atoms with Crippen LogP contribution in [0.25, 0.3) is 5.70 Å². The van der Waals surface area contributed by atoms with Crippen molar-refractivity contribution in [1.29, 1.82) is 0 Å². The monoisotopic (exact) mass is 495 g/mol. The molecule has 11 heteroatoms. The molecular weight excluding hydrogens is 469 g/mol. The molecule has 0 spiro atoms. The summed E-state index contributed by atoms with van der Waals surface area (Å²) in [6, 6.07) is 9.12. The Balaban J connectivity index is 1.51. The van der Waals surface area contributed by atoms with E-state index in [4.69, 9.17) is 11.5 Å². The van der Waals surface area contributed by atoms with Crippen molar-refractivity contribution in [3.63, 3.8) is 0 Å². The first-order chi connectivity index (χ1) is 16.6. The normalized spacial score (nSPS) is 19.0. The predicted octanol–water partition coefficient (Wildman–Crippen LogP) is 2.69. The van der Waals surface area contributed by atoms with Crippen LogP contribution in [0.4, 0.5) is 22.0 Å². The Kier molecular flexibility index (Phi) is 7.00. The summed E-state index contributed by atoms with van der Waals surface area (Å²) in [5.74, 6) is -1.59. The molecule has 0 aromatic heterocycles. The molecular formula is C24H26F5N5O. The largest absolute Gasteiger partial charge is 0.427 e. The molecule has 2 aromatic carbocycles. The van der Waals surface area contributed by atoms with Gasteiger partial charge in [-0.25, -0.2) is 8.78 Å². The number of benzene rings is 2. The van der Waals surface area contributed by atoms with Gasteiger partial charge in [-0.2, -0.15) is 13.2 Å². The van der Waals surface area contributed by atoms with Crippen molar-refractivity contribution in [1.82, 2.24) is 15.1 Å².